The Morgan fingerprint density at radius 2 is 1.43 bits per heavy atom. The van der Waals surface area contributed by atoms with Gasteiger partial charge in [-0.05, 0) is 14.0 Å². The average Bonchev–Trinajstić information content (AvgIpc) is 3.13. The van der Waals surface area contributed by atoms with Gasteiger partial charge >= 0.3 is 0 Å². The zero-order valence-electron chi connectivity index (χ0n) is 21.9. The maximum Gasteiger partial charge on any atom is 0.187 e. The standard InChI is InChI=1S/C21H41N7O12/c1-5-21(36,4-30)16(40-17-9(26-2)13(34)10(31)6(3-29)38-17)18(37-5)39-15-8(28-20(24)25)11(32)7(27-19(22)23)12(33)14(15)35/h5-18,26,29-36H,3-4H2,1-2H3,(H4,22,23,27)(H4,24,25,28)/t5-,6-,7+,8+,9-,10-,11+,12-,13-,14+,15+,16-,17+,18-,21+/m0/s1. The van der Waals surface area contributed by atoms with Crippen molar-refractivity contribution in [3.63, 3.8) is 0 Å². The van der Waals surface area contributed by atoms with Crippen molar-refractivity contribution in [2.24, 2.45) is 32.9 Å². The van der Waals surface area contributed by atoms with E-state index < -0.39 is 116 Å². The number of hydrogen-bond donors (Lipinski definition) is 13. The number of likely N-dealkylation sites (N-methyl/N-ethyl adjacent to an activating group) is 1. The second-order valence-electron chi connectivity index (χ2n) is 10.0. The molecule has 0 spiro atoms. The van der Waals surface area contributed by atoms with Crippen LogP contribution in [0.25, 0.3) is 0 Å². The number of hydrogen-bond acceptors (Lipinski definition) is 15. The van der Waals surface area contributed by atoms with Crippen molar-refractivity contribution in [3.05, 3.63) is 0 Å². The van der Waals surface area contributed by atoms with E-state index in [1.807, 2.05) is 0 Å². The van der Waals surface area contributed by atoms with Crippen molar-refractivity contribution in [1.82, 2.24) is 5.32 Å². The third-order valence-corrected chi connectivity index (χ3v) is 7.49. The number of guanidine groups is 2. The molecule has 3 aliphatic rings. The van der Waals surface area contributed by atoms with E-state index in [1.54, 1.807) is 0 Å². The van der Waals surface area contributed by atoms with Crippen LogP contribution >= 0.6 is 0 Å². The highest BCUT2D eigenvalue weighted by Gasteiger charge is 2.60. The van der Waals surface area contributed by atoms with Crippen LogP contribution in [0.2, 0.25) is 0 Å². The molecule has 1 aliphatic carbocycles. The van der Waals surface area contributed by atoms with Crippen LogP contribution in [0.4, 0.5) is 0 Å². The fourth-order valence-electron chi connectivity index (χ4n) is 5.17. The lowest BCUT2D eigenvalue weighted by atomic mass is 9.81. The number of aliphatic imine (C=N–C) groups is 2. The molecule has 2 heterocycles. The first-order valence-corrected chi connectivity index (χ1v) is 12.5. The van der Waals surface area contributed by atoms with Crippen molar-refractivity contribution < 1.29 is 59.8 Å². The summed E-state index contributed by atoms with van der Waals surface area (Å²) in [6.07, 6.45) is -16.9. The van der Waals surface area contributed by atoms with Crippen LogP contribution in [0, 0.1) is 0 Å². The molecule has 19 nitrogen and oxygen atoms in total. The van der Waals surface area contributed by atoms with E-state index in [4.69, 9.17) is 41.9 Å². The molecule has 0 unspecified atom stereocenters. The molecule has 19 heteroatoms. The van der Waals surface area contributed by atoms with Gasteiger partial charge in [-0.1, -0.05) is 0 Å². The zero-order chi connectivity index (χ0) is 30.1. The monoisotopic (exact) mass is 583 g/mol. The van der Waals surface area contributed by atoms with Crippen molar-refractivity contribution >= 4 is 11.9 Å². The Hall–Kier alpha value is -1.98. The number of rotatable bonds is 9. The summed E-state index contributed by atoms with van der Waals surface area (Å²) < 4.78 is 23.2. The van der Waals surface area contributed by atoms with Gasteiger partial charge in [0.15, 0.2) is 24.5 Å². The van der Waals surface area contributed by atoms with Gasteiger partial charge in [-0.2, -0.15) is 0 Å². The first-order valence-electron chi connectivity index (χ1n) is 12.5. The van der Waals surface area contributed by atoms with E-state index in [0.29, 0.717) is 0 Å². The van der Waals surface area contributed by atoms with E-state index in [-0.39, 0.29) is 0 Å². The quantitative estimate of drug-likeness (QED) is 0.0884. The van der Waals surface area contributed by atoms with Crippen molar-refractivity contribution in [2.45, 2.75) is 98.2 Å². The van der Waals surface area contributed by atoms with Crippen LogP contribution in [0.1, 0.15) is 6.92 Å². The van der Waals surface area contributed by atoms with Gasteiger partial charge in [0.25, 0.3) is 0 Å². The molecule has 0 aromatic rings. The molecular weight excluding hydrogens is 542 g/mol. The normalized spacial score (nSPS) is 47.5. The molecular formula is C21H41N7O12. The van der Waals surface area contributed by atoms with Gasteiger partial charge in [-0.25, -0.2) is 9.98 Å². The van der Waals surface area contributed by atoms with E-state index in [1.165, 1.54) is 14.0 Å². The minimum Gasteiger partial charge on any atom is -0.394 e. The van der Waals surface area contributed by atoms with Crippen LogP contribution in [-0.4, -0.2) is 164 Å². The lowest BCUT2D eigenvalue weighted by Crippen LogP contribution is -2.66. The van der Waals surface area contributed by atoms with Crippen LogP contribution in [0.3, 0.4) is 0 Å². The van der Waals surface area contributed by atoms with E-state index in [0.717, 1.165) is 0 Å². The van der Waals surface area contributed by atoms with Crippen LogP contribution in [0.15, 0.2) is 9.98 Å². The van der Waals surface area contributed by atoms with Gasteiger partial charge in [-0.3, -0.25) is 0 Å². The molecule has 0 aromatic carbocycles. The zero-order valence-corrected chi connectivity index (χ0v) is 21.9. The summed E-state index contributed by atoms with van der Waals surface area (Å²) >= 11 is 0. The van der Waals surface area contributed by atoms with Crippen molar-refractivity contribution in [2.75, 3.05) is 20.3 Å². The molecule has 3 fully saturated rings. The summed E-state index contributed by atoms with van der Waals surface area (Å²) in [5.74, 6) is -1.01. The fraction of sp³-hybridized carbons (Fsp3) is 0.905. The SMILES string of the molecule is CN[C@@H]1[C@@H](O[C@H]2[C@H](O[C@H]3[C@H](O)[C@@H](O)[C@H](N=C(N)N)[C@@H](O)[C@H]3N=C(N)N)O[C@@H](C)[C@]2(O)CO)O[C@@H](CO)[C@H](O)[C@H]1O. The summed E-state index contributed by atoms with van der Waals surface area (Å²) in [4.78, 5) is 7.66. The molecule has 232 valence electrons. The number of nitrogens with two attached hydrogens (primary N) is 4. The van der Waals surface area contributed by atoms with E-state index in [2.05, 4.69) is 15.3 Å². The molecule has 17 N–H and O–H groups in total. The van der Waals surface area contributed by atoms with E-state index in [9.17, 15) is 40.9 Å². The highest BCUT2D eigenvalue weighted by Crippen LogP contribution is 2.39. The third kappa shape index (κ3) is 6.11. The first kappa shape index (κ1) is 32.5. The van der Waals surface area contributed by atoms with Crippen molar-refractivity contribution in [3.8, 4) is 0 Å². The van der Waals surface area contributed by atoms with Gasteiger partial charge in [-0.15, -0.1) is 0 Å². The minimum atomic E-state index is -2.15. The first-order chi connectivity index (χ1) is 18.7. The summed E-state index contributed by atoms with van der Waals surface area (Å²) in [5.41, 5.74) is 19.7. The van der Waals surface area contributed by atoms with Crippen LogP contribution in [0.5, 0.6) is 0 Å². The van der Waals surface area contributed by atoms with Gasteiger partial charge < -0.3 is 88.1 Å². The Morgan fingerprint density at radius 3 is 1.95 bits per heavy atom. The second kappa shape index (κ2) is 12.9. The summed E-state index contributed by atoms with van der Waals surface area (Å²) in [6.45, 7) is -0.199. The molecule has 0 amide bonds. The van der Waals surface area contributed by atoms with Gasteiger partial charge in [0.2, 0.25) is 0 Å². The molecule has 1 saturated carbocycles. The highest BCUT2D eigenvalue weighted by atomic mass is 16.8. The lowest BCUT2D eigenvalue weighted by molar-refractivity contribution is -0.317. The third-order valence-electron chi connectivity index (χ3n) is 7.49. The summed E-state index contributed by atoms with van der Waals surface area (Å²) in [7, 11) is 1.44. The predicted molar refractivity (Wildman–Crippen MR) is 134 cm³/mol. The maximum atomic E-state index is 11.3. The minimum absolute atomic E-state index is 0.493. The van der Waals surface area contributed by atoms with Crippen molar-refractivity contribution in [1.29, 1.82) is 0 Å². The molecule has 2 aliphatic heterocycles. The van der Waals surface area contributed by atoms with Gasteiger partial charge in [0.1, 0.15) is 66.5 Å². The Bertz CT molecular complexity index is 911. The Balaban J connectivity index is 1.96. The van der Waals surface area contributed by atoms with Crippen LogP contribution < -0.4 is 28.3 Å². The average molecular weight is 584 g/mol. The largest absolute Gasteiger partial charge is 0.394 e. The molecule has 3 rings (SSSR count). The topological polar surface area (TPSA) is 340 Å². The van der Waals surface area contributed by atoms with Crippen LogP contribution in [-0.2, 0) is 18.9 Å². The molecule has 40 heavy (non-hydrogen) atoms. The molecule has 15 atom stereocenters. The second-order valence-corrected chi connectivity index (χ2v) is 10.0. The highest BCUT2D eigenvalue weighted by molar-refractivity contribution is 5.76. The number of ether oxygens (including phenoxy) is 4. The summed E-state index contributed by atoms with van der Waals surface area (Å²) in [6, 6.07) is -4.00. The maximum absolute atomic E-state index is 11.3. The Kier molecular flexibility index (Phi) is 10.5. The number of aliphatic hydroxyl groups excluding tert-OH is 7. The Labute approximate surface area is 229 Å². The lowest BCUT2D eigenvalue weighted by Gasteiger charge is -2.45. The summed E-state index contributed by atoms with van der Waals surface area (Å²) in [5, 5.41) is 87.0. The Morgan fingerprint density at radius 1 is 0.825 bits per heavy atom. The number of nitrogens with one attached hydrogen (secondary N) is 1. The number of nitrogens with zero attached hydrogens (tertiary/aromatic N) is 2. The molecule has 0 radical (unpaired) electrons. The predicted octanol–water partition coefficient (Wildman–Crippen LogP) is -8.37. The fourth-order valence-corrected chi connectivity index (χ4v) is 5.17. The molecule has 2 saturated heterocycles. The molecule has 0 bridgehead atoms. The molecule has 0 aromatic heterocycles. The van der Waals surface area contributed by atoms with Gasteiger partial charge in [0, 0.05) is 0 Å². The smallest absolute Gasteiger partial charge is 0.187 e. The van der Waals surface area contributed by atoms with E-state index >= 15 is 0 Å². The number of aliphatic hydroxyl groups is 8. The van der Waals surface area contributed by atoms with Gasteiger partial charge in [0.05, 0.1) is 25.4 Å².